The molecule has 2 rings (SSSR count). The fraction of sp³-hybridized carbons (Fsp3) is 0.692. The van der Waals surface area contributed by atoms with Gasteiger partial charge in [-0.3, -0.25) is 0 Å². The van der Waals surface area contributed by atoms with E-state index in [4.69, 9.17) is 0 Å². The van der Waals surface area contributed by atoms with E-state index in [-0.39, 0.29) is 0 Å². The van der Waals surface area contributed by atoms with E-state index >= 15 is 0 Å². The molecular formula is C13H23N5. The van der Waals surface area contributed by atoms with Gasteiger partial charge in [0.2, 0.25) is 0 Å². The first-order valence-corrected chi connectivity index (χ1v) is 6.91. The first-order chi connectivity index (χ1) is 8.88. The monoisotopic (exact) mass is 249 g/mol. The summed E-state index contributed by atoms with van der Waals surface area (Å²) in [5.41, 5.74) is 0. The fourth-order valence-electron chi connectivity index (χ4n) is 2.13. The van der Waals surface area contributed by atoms with Crippen molar-refractivity contribution in [2.75, 3.05) is 30.3 Å². The van der Waals surface area contributed by atoms with Gasteiger partial charge in [0.15, 0.2) is 0 Å². The van der Waals surface area contributed by atoms with Crippen LogP contribution in [0, 0.1) is 0 Å². The number of rotatable bonds is 6. The molecule has 0 radical (unpaired) electrons. The third-order valence-corrected chi connectivity index (χ3v) is 3.17. The van der Waals surface area contributed by atoms with Gasteiger partial charge in [-0.15, -0.1) is 0 Å². The molecule has 1 aliphatic rings. The van der Waals surface area contributed by atoms with Crippen LogP contribution in [0.2, 0.25) is 0 Å². The number of piperidine rings is 1. The molecule has 0 bridgehead atoms. The summed E-state index contributed by atoms with van der Waals surface area (Å²) in [6.07, 6.45) is 6.58. The molecule has 0 aromatic carbocycles. The van der Waals surface area contributed by atoms with Crippen LogP contribution in [-0.2, 0) is 0 Å². The largest absolute Gasteiger partial charge is 0.370 e. The third-order valence-electron chi connectivity index (χ3n) is 3.17. The fourth-order valence-corrected chi connectivity index (χ4v) is 2.13. The number of hydrogen-bond donors (Lipinski definition) is 3. The molecule has 0 aliphatic carbocycles. The number of aromatic nitrogens is 2. The predicted molar refractivity (Wildman–Crippen MR) is 74.9 cm³/mol. The van der Waals surface area contributed by atoms with Crippen LogP contribution in [-0.4, -0.2) is 35.6 Å². The van der Waals surface area contributed by atoms with Crippen molar-refractivity contribution in [2.45, 2.75) is 38.6 Å². The Morgan fingerprint density at radius 1 is 1.28 bits per heavy atom. The van der Waals surface area contributed by atoms with Gasteiger partial charge < -0.3 is 16.0 Å². The Hall–Kier alpha value is -1.36. The van der Waals surface area contributed by atoms with Crippen molar-refractivity contribution in [1.82, 2.24) is 15.3 Å². The quantitative estimate of drug-likeness (QED) is 0.718. The Kier molecular flexibility index (Phi) is 5.20. The lowest BCUT2D eigenvalue weighted by Gasteiger charge is -2.23. The van der Waals surface area contributed by atoms with Gasteiger partial charge in [-0.25, -0.2) is 9.97 Å². The standard InChI is InChI=1S/C13H23N5/c1-2-6-15-12-8-13(18-10-17-12)16-9-11-5-3-4-7-14-11/h8,10-11,14H,2-7,9H2,1H3,(H2,15,16,17,18). The molecule has 0 saturated carbocycles. The third kappa shape index (κ3) is 4.14. The van der Waals surface area contributed by atoms with Gasteiger partial charge in [0.25, 0.3) is 0 Å². The minimum absolute atomic E-state index is 0.570. The molecule has 18 heavy (non-hydrogen) atoms. The molecule has 1 fully saturated rings. The molecule has 2 heterocycles. The Morgan fingerprint density at radius 2 is 2.11 bits per heavy atom. The molecule has 1 aliphatic heterocycles. The smallest absolute Gasteiger partial charge is 0.131 e. The van der Waals surface area contributed by atoms with Crippen LogP contribution in [0.3, 0.4) is 0 Å². The van der Waals surface area contributed by atoms with Gasteiger partial charge >= 0.3 is 0 Å². The normalized spacial score (nSPS) is 19.5. The molecule has 5 heteroatoms. The predicted octanol–water partition coefficient (Wildman–Crippen LogP) is 1.85. The average Bonchev–Trinajstić information content (AvgIpc) is 2.44. The number of anilines is 2. The van der Waals surface area contributed by atoms with Crippen molar-refractivity contribution >= 4 is 11.6 Å². The first kappa shape index (κ1) is 13.1. The van der Waals surface area contributed by atoms with Crippen LogP contribution >= 0.6 is 0 Å². The van der Waals surface area contributed by atoms with Crippen molar-refractivity contribution in [1.29, 1.82) is 0 Å². The molecule has 0 amide bonds. The van der Waals surface area contributed by atoms with E-state index < -0.39 is 0 Å². The summed E-state index contributed by atoms with van der Waals surface area (Å²) in [6.45, 7) is 5.16. The van der Waals surface area contributed by atoms with Crippen LogP contribution in [0.15, 0.2) is 12.4 Å². The average molecular weight is 249 g/mol. The van der Waals surface area contributed by atoms with E-state index in [2.05, 4.69) is 32.8 Å². The molecule has 5 nitrogen and oxygen atoms in total. The molecule has 1 aromatic rings. The topological polar surface area (TPSA) is 61.9 Å². The van der Waals surface area contributed by atoms with Crippen molar-refractivity contribution in [3.63, 3.8) is 0 Å². The Labute approximate surface area is 109 Å². The van der Waals surface area contributed by atoms with Gasteiger partial charge in [0.05, 0.1) is 0 Å². The lowest BCUT2D eigenvalue weighted by molar-refractivity contribution is 0.414. The Bertz CT molecular complexity index is 349. The van der Waals surface area contributed by atoms with Crippen molar-refractivity contribution in [2.24, 2.45) is 0 Å². The molecular weight excluding hydrogens is 226 g/mol. The van der Waals surface area contributed by atoms with Gasteiger partial charge in [0.1, 0.15) is 18.0 Å². The highest BCUT2D eigenvalue weighted by molar-refractivity contribution is 5.46. The van der Waals surface area contributed by atoms with Crippen LogP contribution in [0.5, 0.6) is 0 Å². The second kappa shape index (κ2) is 7.16. The molecule has 1 aromatic heterocycles. The van der Waals surface area contributed by atoms with E-state index in [0.29, 0.717) is 6.04 Å². The van der Waals surface area contributed by atoms with Gasteiger partial charge in [-0.2, -0.15) is 0 Å². The second-order valence-electron chi connectivity index (χ2n) is 4.74. The minimum Gasteiger partial charge on any atom is -0.370 e. The second-order valence-corrected chi connectivity index (χ2v) is 4.74. The maximum atomic E-state index is 4.24. The van der Waals surface area contributed by atoms with Crippen LogP contribution in [0.25, 0.3) is 0 Å². The summed E-state index contributed by atoms with van der Waals surface area (Å²) >= 11 is 0. The first-order valence-electron chi connectivity index (χ1n) is 6.91. The number of nitrogens with zero attached hydrogens (tertiary/aromatic N) is 2. The zero-order valence-electron chi connectivity index (χ0n) is 11.1. The van der Waals surface area contributed by atoms with Gasteiger partial charge in [-0.05, 0) is 25.8 Å². The highest BCUT2D eigenvalue weighted by Crippen LogP contribution is 2.11. The summed E-state index contributed by atoms with van der Waals surface area (Å²) in [5, 5.41) is 10.2. The number of hydrogen-bond acceptors (Lipinski definition) is 5. The van der Waals surface area contributed by atoms with E-state index in [1.807, 2.05) is 6.07 Å². The highest BCUT2D eigenvalue weighted by Gasteiger charge is 2.11. The van der Waals surface area contributed by atoms with Crippen molar-refractivity contribution in [3.05, 3.63) is 12.4 Å². The van der Waals surface area contributed by atoms with Crippen LogP contribution in [0.4, 0.5) is 11.6 Å². The maximum Gasteiger partial charge on any atom is 0.131 e. The molecule has 1 atom stereocenters. The zero-order valence-corrected chi connectivity index (χ0v) is 11.1. The van der Waals surface area contributed by atoms with E-state index in [0.717, 1.165) is 37.7 Å². The Morgan fingerprint density at radius 3 is 2.83 bits per heavy atom. The van der Waals surface area contributed by atoms with Crippen molar-refractivity contribution in [3.8, 4) is 0 Å². The summed E-state index contributed by atoms with van der Waals surface area (Å²) < 4.78 is 0. The Balaban J connectivity index is 1.80. The SMILES string of the molecule is CCCNc1cc(NCC2CCCCN2)ncn1. The molecule has 1 saturated heterocycles. The van der Waals surface area contributed by atoms with Crippen LogP contribution < -0.4 is 16.0 Å². The van der Waals surface area contributed by atoms with E-state index in [1.54, 1.807) is 6.33 Å². The van der Waals surface area contributed by atoms with E-state index in [9.17, 15) is 0 Å². The minimum atomic E-state index is 0.570. The van der Waals surface area contributed by atoms with Crippen LogP contribution in [0.1, 0.15) is 32.6 Å². The number of nitrogens with one attached hydrogen (secondary N) is 3. The highest BCUT2D eigenvalue weighted by atomic mass is 15.1. The molecule has 3 N–H and O–H groups in total. The summed E-state index contributed by atoms with van der Waals surface area (Å²) in [5.74, 6) is 1.79. The zero-order chi connectivity index (χ0) is 12.6. The molecule has 100 valence electrons. The molecule has 0 spiro atoms. The van der Waals surface area contributed by atoms with Gasteiger partial charge in [-0.1, -0.05) is 13.3 Å². The maximum absolute atomic E-state index is 4.24. The van der Waals surface area contributed by atoms with E-state index in [1.165, 1.54) is 19.3 Å². The summed E-state index contributed by atoms with van der Waals surface area (Å²) in [6, 6.07) is 2.54. The van der Waals surface area contributed by atoms with Gasteiger partial charge in [0, 0.05) is 25.2 Å². The van der Waals surface area contributed by atoms with Crippen molar-refractivity contribution < 1.29 is 0 Å². The lowest BCUT2D eigenvalue weighted by atomic mass is 10.1. The lowest BCUT2D eigenvalue weighted by Crippen LogP contribution is -2.39. The summed E-state index contributed by atoms with van der Waals surface area (Å²) in [4.78, 5) is 8.44. The summed E-state index contributed by atoms with van der Waals surface area (Å²) in [7, 11) is 0. The molecule has 1 unspecified atom stereocenters.